The van der Waals surface area contributed by atoms with Gasteiger partial charge in [0.15, 0.2) is 5.69 Å². The minimum Gasteiger partial charge on any atom is -0.381 e. The summed E-state index contributed by atoms with van der Waals surface area (Å²) in [5.41, 5.74) is 0.374. The first kappa shape index (κ1) is 19.4. The van der Waals surface area contributed by atoms with Crippen LogP contribution in [-0.4, -0.2) is 64.1 Å². The van der Waals surface area contributed by atoms with E-state index < -0.39 is 0 Å². The zero-order valence-corrected chi connectivity index (χ0v) is 16.5. The average Bonchev–Trinajstić information content (AvgIpc) is 3.46. The van der Waals surface area contributed by atoms with E-state index in [2.05, 4.69) is 20.5 Å². The molecule has 2 aliphatic heterocycles. The standard InChI is InChI=1S/C20H31N5O3/c26-19(21-13-15-4-5-15)18-14-24(23-22-18)10-6-17-3-1-2-9-25(17)20(27)16-7-11-28-12-8-16/h14-17H,1-13H2,(H,21,26). The highest BCUT2D eigenvalue weighted by Gasteiger charge is 2.32. The van der Waals surface area contributed by atoms with Crippen molar-refractivity contribution in [3.63, 3.8) is 0 Å². The number of ether oxygens (including phenoxy) is 1. The first-order chi connectivity index (χ1) is 13.7. The molecule has 154 valence electrons. The van der Waals surface area contributed by atoms with E-state index in [4.69, 9.17) is 4.74 Å². The van der Waals surface area contributed by atoms with Gasteiger partial charge in [0.1, 0.15) is 0 Å². The zero-order valence-electron chi connectivity index (χ0n) is 16.5. The van der Waals surface area contributed by atoms with Crippen molar-refractivity contribution in [2.45, 2.75) is 64.0 Å². The van der Waals surface area contributed by atoms with Gasteiger partial charge >= 0.3 is 0 Å². The molecule has 1 N–H and O–H groups in total. The Morgan fingerprint density at radius 1 is 1.14 bits per heavy atom. The number of hydrogen-bond acceptors (Lipinski definition) is 5. The molecule has 1 unspecified atom stereocenters. The fourth-order valence-corrected chi connectivity index (χ4v) is 4.21. The van der Waals surface area contributed by atoms with Crippen LogP contribution in [0.3, 0.4) is 0 Å². The lowest BCUT2D eigenvalue weighted by atomic mass is 9.93. The van der Waals surface area contributed by atoms with Gasteiger partial charge in [-0.3, -0.25) is 14.3 Å². The highest BCUT2D eigenvalue weighted by molar-refractivity contribution is 5.91. The van der Waals surface area contributed by atoms with Gasteiger partial charge in [-0.25, -0.2) is 0 Å². The molecule has 1 atom stereocenters. The first-order valence-corrected chi connectivity index (χ1v) is 10.8. The van der Waals surface area contributed by atoms with Crippen LogP contribution in [0.2, 0.25) is 0 Å². The molecule has 1 aromatic heterocycles. The number of likely N-dealkylation sites (tertiary alicyclic amines) is 1. The Balaban J connectivity index is 1.29. The predicted molar refractivity (Wildman–Crippen MR) is 103 cm³/mol. The quantitative estimate of drug-likeness (QED) is 0.765. The zero-order chi connectivity index (χ0) is 19.3. The summed E-state index contributed by atoms with van der Waals surface area (Å²) in [6.07, 6.45) is 9.94. The molecule has 28 heavy (non-hydrogen) atoms. The van der Waals surface area contributed by atoms with Gasteiger partial charge < -0.3 is 15.0 Å². The van der Waals surface area contributed by atoms with Gasteiger partial charge in [0.2, 0.25) is 5.91 Å². The summed E-state index contributed by atoms with van der Waals surface area (Å²) >= 11 is 0. The van der Waals surface area contributed by atoms with Gasteiger partial charge in [-0.15, -0.1) is 5.10 Å². The number of aromatic nitrogens is 3. The fourth-order valence-electron chi connectivity index (χ4n) is 4.21. The molecule has 3 aliphatic rings. The normalized spacial score (nSPS) is 23.6. The SMILES string of the molecule is O=C(NCC1CC1)c1cn(CCC2CCCCN2C(=O)C2CCOCC2)nn1. The molecule has 0 aromatic carbocycles. The maximum Gasteiger partial charge on any atom is 0.273 e. The van der Waals surface area contributed by atoms with Crippen LogP contribution < -0.4 is 5.32 Å². The third-order valence-corrected chi connectivity index (χ3v) is 6.19. The van der Waals surface area contributed by atoms with E-state index in [0.717, 1.165) is 51.6 Å². The number of aryl methyl sites for hydroxylation is 1. The van der Waals surface area contributed by atoms with Crippen LogP contribution in [0.5, 0.6) is 0 Å². The van der Waals surface area contributed by atoms with Gasteiger partial charge in [0.05, 0.1) is 6.20 Å². The average molecular weight is 390 g/mol. The second-order valence-corrected chi connectivity index (χ2v) is 8.38. The second kappa shape index (κ2) is 9.03. The van der Waals surface area contributed by atoms with Gasteiger partial charge in [-0.05, 0) is 57.3 Å². The molecule has 0 radical (unpaired) electrons. The minimum atomic E-state index is -0.146. The maximum atomic E-state index is 13.0. The molecule has 0 bridgehead atoms. The van der Waals surface area contributed by atoms with E-state index in [1.165, 1.54) is 12.8 Å². The number of carbonyl (C=O) groups is 2. The van der Waals surface area contributed by atoms with Crippen LogP contribution in [-0.2, 0) is 16.1 Å². The maximum absolute atomic E-state index is 13.0. The molecule has 1 aliphatic carbocycles. The van der Waals surface area contributed by atoms with Gasteiger partial charge in [-0.1, -0.05) is 5.21 Å². The van der Waals surface area contributed by atoms with Crippen molar-refractivity contribution in [3.8, 4) is 0 Å². The number of rotatable bonds is 7. The van der Waals surface area contributed by atoms with Crippen molar-refractivity contribution in [3.05, 3.63) is 11.9 Å². The Hall–Kier alpha value is -1.96. The van der Waals surface area contributed by atoms with E-state index in [1.54, 1.807) is 10.9 Å². The van der Waals surface area contributed by atoms with Crippen molar-refractivity contribution in [2.24, 2.45) is 11.8 Å². The lowest BCUT2D eigenvalue weighted by Crippen LogP contribution is -2.47. The minimum absolute atomic E-state index is 0.113. The monoisotopic (exact) mass is 389 g/mol. The molecule has 1 saturated carbocycles. The van der Waals surface area contributed by atoms with Crippen molar-refractivity contribution in [1.29, 1.82) is 0 Å². The number of nitrogens with zero attached hydrogens (tertiary/aromatic N) is 4. The van der Waals surface area contributed by atoms with E-state index in [0.29, 0.717) is 37.3 Å². The van der Waals surface area contributed by atoms with E-state index >= 15 is 0 Å². The smallest absolute Gasteiger partial charge is 0.273 e. The van der Waals surface area contributed by atoms with Crippen LogP contribution in [0, 0.1) is 11.8 Å². The lowest BCUT2D eigenvalue weighted by molar-refractivity contribution is -0.142. The summed E-state index contributed by atoms with van der Waals surface area (Å²) in [5, 5.41) is 11.0. The predicted octanol–water partition coefficient (Wildman–Crippen LogP) is 1.62. The molecule has 8 nitrogen and oxygen atoms in total. The Bertz CT molecular complexity index is 681. The summed E-state index contributed by atoms with van der Waals surface area (Å²) in [6.45, 7) is 3.65. The second-order valence-electron chi connectivity index (χ2n) is 8.38. The lowest BCUT2D eigenvalue weighted by Gasteiger charge is -2.38. The molecule has 2 saturated heterocycles. The van der Waals surface area contributed by atoms with Crippen LogP contribution in [0.25, 0.3) is 0 Å². The Morgan fingerprint density at radius 3 is 2.75 bits per heavy atom. The first-order valence-electron chi connectivity index (χ1n) is 10.8. The summed E-state index contributed by atoms with van der Waals surface area (Å²) in [7, 11) is 0. The Labute approximate surface area is 166 Å². The highest BCUT2D eigenvalue weighted by atomic mass is 16.5. The van der Waals surface area contributed by atoms with Crippen molar-refractivity contribution in [2.75, 3.05) is 26.3 Å². The molecular formula is C20H31N5O3. The fraction of sp³-hybridized carbons (Fsp3) is 0.800. The van der Waals surface area contributed by atoms with Crippen LogP contribution in [0.1, 0.15) is 61.9 Å². The van der Waals surface area contributed by atoms with E-state index in [1.807, 2.05) is 0 Å². The van der Waals surface area contributed by atoms with E-state index in [-0.39, 0.29) is 17.9 Å². The van der Waals surface area contributed by atoms with Crippen LogP contribution >= 0.6 is 0 Å². The number of amides is 2. The van der Waals surface area contributed by atoms with Gasteiger partial charge in [-0.2, -0.15) is 0 Å². The van der Waals surface area contributed by atoms with E-state index in [9.17, 15) is 9.59 Å². The summed E-state index contributed by atoms with van der Waals surface area (Å²) in [6, 6.07) is 0.250. The van der Waals surface area contributed by atoms with Crippen molar-refractivity contribution in [1.82, 2.24) is 25.2 Å². The largest absolute Gasteiger partial charge is 0.381 e. The van der Waals surface area contributed by atoms with Crippen LogP contribution in [0.15, 0.2) is 6.20 Å². The molecule has 4 rings (SSSR count). The molecule has 2 amide bonds. The molecule has 3 heterocycles. The molecule has 1 aromatic rings. The number of piperidine rings is 1. The topological polar surface area (TPSA) is 89.4 Å². The molecular weight excluding hydrogens is 358 g/mol. The molecule has 8 heteroatoms. The summed E-state index contributed by atoms with van der Waals surface area (Å²) < 4.78 is 7.14. The Kier molecular flexibility index (Phi) is 6.24. The third-order valence-electron chi connectivity index (χ3n) is 6.19. The molecule has 3 fully saturated rings. The van der Waals surface area contributed by atoms with Gasteiger partial charge in [0, 0.05) is 44.8 Å². The third kappa shape index (κ3) is 4.90. The summed E-state index contributed by atoms with van der Waals surface area (Å²) in [5.74, 6) is 0.908. The number of carbonyl (C=O) groups excluding carboxylic acids is 2. The summed E-state index contributed by atoms with van der Waals surface area (Å²) in [4.78, 5) is 27.2. The van der Waals surface area contributed by atoms with Crippen molar-refractivity contribution < 1.29 is 14.3 Å². The number of nitrogens with one attached hydrogen (secondary N) is 1. The van der Waals surface area contributed by atoms with Gasteiger partial charge in [0.25, 0.3) is 5.91 Å². The van der Waals surface area contributed by atoms with Crippen LogP contribution in [0.4, 0.5) is 0 Å². The highest BCUT2D eigenvalue weighted by Crippen LogP contribution is 2.28. The van der Waals surface area contributed by atoms with Crippen molar-refractivity contribution >= 4 is 11.8 Å². The number of hydrogen-bond donors (Lipinski definition) is 1. The Morgan fingerprint density at radius 2 is 1.96 bits per heavy atom. The molecule has 0 spiro atoms.